The number of hydrogen-bond acceptors (Lipinski definition) is 2. The predicted octanol–water partition coefficient (Wildman–Crippen LogP) is 3.10. The summed E-state index contributed by atoms with van der Waals surface area (Å²) >= 11 is 0. The highest BCUT2D eigenvalue weighted by atomic mass is 35.5. The van der Waals surface area contributed by atoms with Gasteiger partial charge in [0.15, 0.2) is 11.6 Å². The van der Waals surface area contributed by atoms with Crippen molar-refractivity contribution in [2.24, 2.45) is 0 Å². The summed E-state index contributed by atoms with van der Waals surface area (Å²) in [7, 11) is 0. The molecular weight excluding hydrogens is 298 g/mol. The number of carbonyl (C=O) groups excluding carboxylic acids is 1. The Bertz CT molecular complexity index is 479. The van der Waals surface area contributed by atoms with Crippen molar-refractivity contribution >= 4 is 18.3 Å². The van der Waals surface area contributed by atoms with Crippen LogP contribution in [0.3, 0.4) is 0 Å². The molecule has 2 N–H and O–H groups in total. The average Bonchev–Trinajstić information content (AvgIpc) is 2.92. The molecule has 0 aromatic heterocycles. The number of hydrogen-bond donors (Lipinski definition) is 2. The van der Waals surface area contributed by atoms with Gasteiger partial charge in [-0.15, -0.1) is 12.4 Å². The third-order valence-corrected chi connectivity index (χ3v) is 3.70. The van der Waals surface area contributed by atoms with Crippen LogP contribution >= 0.6 is 12.4 Å². The molecule has 118 valence electrons. The van der Waals surface area contributed by atoms with Gasteiger partial charge in [-0.2, -0.15) is 0 Å². The maximum Gasteiger partial charge on any atom is 0.220 e. The lowest BCUT2D eigenvalue weighted by atomic mass is 10.1. The SMILES string of the molecule is CC(NC(=O)CCC1CCCN1)c1ccc(F)c(F)c1.Cl. The van der Waals surface area contributed by atoms with Gasteiger partial charge in [0, 0.05) is 12.5 Å². The molecule has 0 radical (unpaired) electrons. The van der Waals surface area contributed by atoms with Gasteiger partial charge in [0.2, 0.25) is 5.91 Å². The van der Waals surface area contributed by atoms with Crippen LogP contribution in [-0.4, -0.2) is 18.5 Å². The van der Waals surface area contributed by atoms with Gasteiger partial charge >= 0.3 is 0 Å². The number of amides is 1. The molecule has 1 heterocycles. The van der Waals surface area contributed by atoms with Crippen LogP contribution in [0.1, 0.15) is 44.2 Å². The Hall–Kier alpha value is -1.20. The number of rotatable bonds is 5. The van der Waals surface area contributed by atoms with Crippen molar-refractivity contribution in [3.63, 3.8) is 0 Å². The molecule has 1 saturated heterocycles. The standard InChI is InChI=1S/C15H20F2N2O.ClH/c1-10(11-4-6-13(16)14(17)9-11)19-15(20)7-5-12-3-2-8-18-12;/h4,6,9-10,12,18H,2-3,5,7-8H2,1H3,(H,19,20);1H. The first-order valence-electron chi connectivity index (χ1n) is 7.04. The Balaban J connectivity index is 0.00000220. The van der Waals surface area contributed by atoms with Gasteiger partial charge in [-0.1, -0.05) is 6.07 Å². The normalized spacial score (nSPS) is 18.9. The number of nitrogens with one attached hydrogen (secondary N) is 2. The fourth-order valence-electron chi connectivity index (χ4n) is 2.49. The minimum absolute atomic E-state index is 0. The first-order chi connectivity index (χ1) is 9.56. The second-order valence-corrected chi connectivity index (χ2v) is 5.29. The summed E-state index contributed by atoms with van der Waals surface area (Å²) in [6.45, 7) is 2.79. The van der Waals surface area contributed by atoms with Gasteiger partial charge < -0.3 is 10.6 Å². The van der Waals surface area contributed by atoms with E-state index in [0.29, 0.717) is 18.0 Å². The van der Waals surface area contributed by atoms with Crippen molar-refractivity contribution in [3.05, 3.63) is 35.4 Å². The van der Waals surface area contributed by atoms with Gasteiger partial charge in [0.25, 0.3) is 0 Å². The van der Waals surface area contributed by atoms with Crippen LogP contribution in [0, 0.1) is 11.6 Å². The second-order valence-electron chi connectivity index (χ2n) is 5.29. The molecule has 1 aliphatic rings. The molecule has 1 aromatic carbocycles. The molecule has 1 aromatic rings. The van der Waals surface area contributed by atoms with E-state index in [-0.39, 0.29) is 24.4 Å². The Morgan fingerprint density at radius 1 is 1.43 bits per heavy atom. The van der Waals surface area contributed by atoms with Crippen molar-refractivity contribution in [1.82, 2.24) is 10.6 Å². The first-order valence-corrected chi connectivity index (χ1v) is 7.04. The maximum atomic E-state index is 13.1. The molecule has 2 unspecified atom stereocenters. The minimum atomic E-state index is -0.890. The molecule has 0 bridgehead atoms. The van der Waals surface area contributed by atoms with Gasteiger partial charge in [-0.3, -0.25) is 4.79 Å². The van der Waals surface area contributed by atoms with Crippen LogP contribution in [0.4, 0.5) is 8.78 Å². The van der Waals surface area contributed by atoms with Crippen LogP contribution in [0.2, 0.25) is 0 Å². The quantitative estimate of drug-likeness (QED) is 0.876. The number of halogens is 3. The van der Waals surface area contributed by atoms with Crippen LogP contribution in [0.25, 0.3) is 0 Å². The van der Waals surface area contributed by atoms with E-state index in [2.05, 4.69) is 10.6 Å². The Morgan fingerprint density at radius 3 is 2.81 bits per heavy atom. The van der Waals surface area contributed by atoms with E-state index in [4.69, 9.17) is 0 Å². The third-order valence-electron chi connectivity index (χ3n) is 3.70. The molecule has 21 heavy (non-hydrogen) atoms. The Kier molecular flexibility index (Phi) is 7.05. The number of benzene rings is 1. The Morgan fingerprint density at radius 2 is 2.19 bits per heavy atom. The van der Waals surface area contributed by atoms with E-state index in [1.807, 2.05) is 0 Å². The van der Waals surface area contributed by atoms with Crippen LogP contribution in [0.5, 0.6) is 0 Å². The van der Waals surface area contributed by atoms with Gasteiger partial charge in [-0.25, -0.2) is 8.78 Å². The minimum Gasteiger partial charge on any atom is -0.350 e. The van der Waals surface area contributed by atoms with Crippen molar-refractivity contribution in [2.75, 3.05) is 6.54 Å². The molecule has 0 spiro atoms. The molecule has 1 aliphatic heterocycles. The summed E-state index contributed by atoms with van der Waals surface area (Å²) in [5, 5.41) is 6.15. The van der Waals surface area contributed by atoms with Crippen molar-refractivity contribution < 1.29 is 13.6 Å². The molecule has 2 atom stereocenters. The zero-order valence-corrected chi connectivity index (χ0v) is 12.8. The second kappa shape index (κ2) is 8.29. The lowest BCUT2D eigenvalue weighted by Crippen LogP contribution is -2.29. The smallest absolute Gasteiger partial charge is 0.220 e. The molecule has 0 saturated carbocycles. The summed E-state index contributed by atoms with van der Waals surface area (Å²) in [4.78, 5) is 11.8. The van der Waals surface area contributed by atoms with E-state index in [1.165, 1.54) is 6.07 Å². The molecule has 6 heteroatoms. The lowest BCUT2D eigenvalue weighted by molar-refractivity contribution is -0.121. The van der Waals surface area contributed by atoms with Gasteiger partial charge in [0.1, 0.15) is 0 Å². The summed E-state index contributed by atoms with van der Waals surface area (Å²) in [6.07, 6.45) is 3.55. The van der Waals surface area contributed by atoms with Gasteiger partial charge in [0.05, 0.1) is 6.04 Å². The lowest BCUT2D eigenvalue weighted by Gasteiger charge is -2.16. The topological polar surface area (TPSA) is 41.1 Å². The molecular formula is C15H21ClF2N2O. The molecule has 2 rings (SSSR count). The summed E-state index contributed by atoms with van der Waals surface area (Å²) in [5.41, 5.74) is 0.566. The molecule has 3 nitrogen and oxygen atoms in total. The van der Waals surface area contributed by atoms with E-state index in [0.717, 1.165) is 37.9 Å². The van der Waals surface area contributed by atoms with Crippen molar-refractivity contribution in [3.8, 4) is 0 Å². The van der Waals surface area contributed by atoms with E-state index in [9.17, 15) is 13.6 Å². The van der Waals surface area contributed by atoms with Gasteiger partial charge in [-0.05, 0) is 50.4 Å². The highest BCUT2D eigenvalue weighted by Gasteiger charge is 2.16. The molecule has 1 fully saturated rings. The summed E-state index contributed by atoms with van der Waals surface area (Å²) < 4.78 is 26.0. The fourth-order valence-corrected chi connectivity index (χ4v) is 2.49. The van der Waals surface area contributed by atoms with E-state index >= 15 is 0 Å². The van der Waals surface area contributed by atoms with Crippen molar-refractivity contribution in [1.29, 1.82) is 0 Å². The summed E-state index contributed by atoms with van der Waals surface area (Å²) in [6, 6.07) is 3.80. The van der Waals surface area contributed by atoms with Crippen LogP contribution in [0.15, 0.2) is 18.2 Å². The zero-order valence-electron chi connectivity index (χ0n) is 12.0. The van der Waals surface area contributed by atoms with E-state index < -0.39 is 11.6 Å². The monoisotopic (exact) mass is 318 g/mol. The Labute approximate surface area is 129 Å². The fraction of sp³-hybridized carbons (Fsp3) is 0.533. The van der Waals surface area contributed by atoms with Crippen molar-refractivity contribution in [2.45, 2.75) is 44.7 Å². The average molecular weight is 319 g/mol. The molecule has 1 amide bonds. The maximum absolute atomic E-state index is 13.1. The third kappa shape index (κ3) is 5.25. The largest absolute Gasteiger partial charge is 0.350 e. The van der Waals surface area contributed by atoms with E-state index in [1.54, 1.807) is 6.92 Å². The highest BCUT2D eigenvalue weighted by Crippen LogP contribution is 2.16. The predicted molar refractivity (Wildman–Crippen MR) is 80.4 cm³/mol. The molecule has 0 aliphatic carbocycles. The highest BCUT2D eigenvalue weighted by molar-refractivity contribution is 5.85. The summed E-state index contributed by atoms with van der Waals surface area (Å²) in [5.74, 6) is -1.82. The van der Waals surface area contributed by atoms with Crippen LogP contribution < -0.4 is 10.6 Å². The zero-order chi connectivity index (χ0) is 14.5. The first kappa shape index (κ1) is 17.9. The van der Waals surface area contributed by atoms with Crippen LogP contribution in [-0.2, 0) is 4.79 Å². The number of carbonyl (C=O) groups is 1.